The van der Waals surface area contributed by atoms with Gasteiger partial charge in [0.25, 0.3) is 0 Å². The number of benzene rings is 1. The summed E-state index contributed by atoms with van der Waals surface area (Å²) in [5.41, 5.74) is 3.73. The Balaban J connectivity index is 1.87. The van der Waals surface area contributed by atoms with Crippen molar-refractivity contribution in [1.29, 1.82) is 0 Å². The maximum Gasteiger partial charge on any atom is 0.152 e. The first kappa shape index (κ1) is 10.6. The van der Waals surface area contributed by atoms with Gasteiger partial charge in [0.05, 0.1) is 11.7 Å². The standard InChI is InChI=1S/C14H13ClN2/c15-14-13(6-3-9-16-14)17-12-8-7-10-4-1-2-5-11(10)12/h1-6,9,12,17H,7-8H2. The molecule has 1 heterocycles. The van der Waals surface area contributed by atoms with Crippen LogP contribution in [0.15, 0.2) is 42.6 Å². The van der Waals surface area contributed by atoms with Gasteiger partial charge in [0.15, 0.2) is 5.15 Å². The topological polar surface area (TPSA) is 24.9 Å². The van der Waals surface area contributed by atoms with Crippen LogP contribution in [0.5, 0.6) is 0 Å². The summed E-state index contributed by atoms with van der Waals surface area (Å²) in [7, 11) is 0. The molecule has 1 atom stereocenters. The highest BCUT2D eigenvalue weighted by Crippen LogP contribution is 2.34. The Labute approximate surface area is 106 Å². The Morgan fingerprint density at radius 3 is 2.94 bits per heavy atom. The van der Waals surface area contributed by atoms with Gasteiger partial charge in [-0.15, -0.1) is 0 Å². The fourth-order valence-electron chi connectivity index (χ4n) is 2.39. The Morgan fingerprint density at radius 2 is 2.06 bits per heavy atom. The van der Waals surface area contributed by atoms with Crippen molar-refractivity contribution in [3.05, 3.63) is 58.9 Å². The average Bonchev–Trinajstić information content (AvgIpc) is 2.76. The molecule has 0 saturated heterocycles. The number of halogens is 1. The van der Waals surface area contributed by atoms with E-state index in [1.54, 1.807) is 6.20 Å². The van der Waals surface area contributed by atoms with Crippen LogP contribution < -0.4 is 5.32 Å². The molecule has 1 unspecified atom stereocenters. The summed E-state index contributed by atoms with van der Waals surface area (Å²) in [5, 5.41) is 4.01. The maximum absolute atomic E-state index is 6.06. The lowest BCUT2D eigenvalue weighted by molar-refractivity contribution is 0.761. The number of pyridine rings is 1. The Kier molecular flexibility index (Phi) is 2.73. The number of aryl methyl sites for hydroxylation is 1. The highest BCUT2D eigenvalue weighted by Gasteiger charge is 2.22. The lowest BCUT2D eigenvalue weighted by Crippen LogP contribution is -2.07. The van der Waals surface area contributed by atoms with Gasteiger partial charge in [-0.2, -0.15) is 0 Å². The normalized spacial score (nSPS) is 17.8. The minimum atomic E-state index is 0.355. The zero-order valence-electron chi connectivity index (χ0n) is 9.36. The van der Waals surface area contributed by atoms with Gasteiger partial charge in [-0.3, -0.25) is 0 Å². The van der Waals surface area contributed by atoms with Crippen LogP contribution in [0, 0.1) is 0 Å². The summed E-state index contributed by atoms with van der Waals surface area (Å²) in [4.78, 5) is 4.08. The molecule has 2 nitrogen and oxygen atoms in total. The van der Waals surface area contributed by atoms with E-state index >= 15 is 0 Å². The summed E-state index contributed by atoms with van der Waals surface area (Å²) < 4.78 is 0. The molecule has 0 fully saturated rings. The quantitative estimate of drug-likeness (QED) is 0.812. The minimum absolute atomic E-state index is 0.355. The molecule has 2 aromatic rings. The average molecular weight is 245 g/mol. The molecular formula is C14H13ClN2. The van der Waals surface area contributed by atoms with Crippen molar-refractivity contribution in [2.75, 3.05) is 5.32 Å². The Morgan fingerprint density at radius 1 is 1.18 bits per heavy atom. The van der Waals surface area contributed by atoms with Gasteiger partial charge < -0.3 is 5.32 Å². The fraction of sp³-hybridized carbons (Fsp3) is 0.214. The predicted molar refractivity (Wildman–Crippen MR) is 70.4 cm³/mol. The van der Waals surface area contributed by atoms with E-state index in [0.29, 0.717) is 11.2 Å². The highest BCUT2D eigenvalue weighted by molar-refractivity contribution is 6.31. The molecule has 0 aliphatic heterocycles. The fourth-order valence-corrected chi connectivity index (χ4v) is 2.56. The first-order valence-electron chi connectivity index (χ1n) is 5.79. The van der Waals surface area contributed by atoms with Gasteiger partial charge in [-0.1, -0.05) is 35.9 Å². The third-order valence-corrected chi connectivity index (χ3v) is 3.52. The number of anilines is 1. The summed E-state index contributed by atoms with van der Waals surface area (Å²) in [6, 6.07) is 12.8. The number of nitrogens with zero attached hydrogens (tertiary/aromatic N) is 1. The van der Waals surface area contributed by atoms with Crippen LogP contribution >= 0.6 is 11.6 Å². The molecule has 3 rings (SSSR count). The monoisotopic (exact) mass is 244 g/mol. The van der Waals surface area contributed by atoms with E-state index in [2.05, 4.69) is 34.6 Å². The van der Waals surface area contributed by atoms with Gasteiger partial charge >= 0.3 is 0 Å². The highest BCUT2D eigenvalue weighted by atomic mass is 35.5. The second-order valence-electron chi connectivity index (χ2n) is 4.28. The van der Waals surface area contributed by atoms with Crippen molar-refractivity contribution in [1.82, 2.24) is 4.98 Å². The van der Waals surface area contributed by atoms with Gasteiger partial charge in [-0.25, -0.2) is 4.98 Å². The molecule has 0 spiro atoms. The summed E-state index contributed by atoms with van der Waals surface area (Å²) >= 11 is 6.06. The summed E-state index contributed by atoms with van der Waals surface area (Å²) in [6.45, 7) is 0. The molecule has 0 bridgehead atoms. The van der Waals surface area contributed by atoms with Crippen molar-refractivity contribution < 1.29 is 0 Å². The van der Waals surface area contributed by atoms with E-state index in [1.807, 2.05) is 12.1 Å². The van der Waals surface area contributed by atoms with E-state index in [0.717, 1.165) is 18.5 Å². The van der Waals surface area contributed by atoms with Crippen LogP contribution in [-0.2, 0) is 6.42 Å². The molecular weight excluding hydrogens is 232 g/mol. The lowest BCUT2D eigenvalue weighted by Gasteiger charge is -2.15. The third kappa shape index (κ3) is 2.01. The van der Waals surface area contributed by atoms with Gasteiger partial charge in [-0.05, 0) is 36.1 Å². The van der Waals surface area contributed by atoms with Crippen molar-refractivity contribution in [2.24, 2.45) is 0 Å². The van der Waals surface area contributed by atoms with Crippen molar-refractivity contribution in [3.8, 4) is 0 Å². The number of nitrogens with one attached hydrogen (secondary N) is 1. The van der Waals surface area contributed by atoms with Crippen molar-refractivity contribution in [2.45, 2.75) is 18.9 Å². The molecule has 0 radical (unpaired) electrons. The van der Waals surface area contributed by atoms with Crippen LogP contribution in [0.4, 0.5) is 5.69 Å². The second kappa shape index (κ2) is 4.38. The lowest BCUT2D eigenvalue weighted by atomic mass is 10.1. The van der Waals surface area contributed by atoms with Gasteiger partial charge in [0, 0.05) is 6.20 Å². The molecule has 1 aromatic carbocycles. The van der Waals surface area contributed by atoms with Crippen LogP contribution in [0.25, 0.3) is 0 Å². The van der Waals surface area contributed by atoms with Crippen molar-refractivity contribution in [3.63, 3.8) is 0 Å². The largest absolute Gasteiger partial charge is 0.376 e. The van der Waals surface area contributed by atoms with E-state index < -0.39 is 0 Å². The van der Waals surface area contributed by atoms with E-state index in [9.17, 15) is 0 Å². The number of hydrogen-bond donors (Lipinski definition) is 1. The molecule has 1 aliphatic rings. The third-order valence-electron chi connectivity index (χ3n) is 3.22. The van der Waals surface area contributed by atoms with Crippen LogP contribution in [0.1, 0.15) is 23.6 Å². The summed E-state index contributed by atoms with van der Waals surface area (Å²) in [5.74, 6) is 0. The van der Waals surface area contributed by atoms with Crippen LogP contribution in [0.2, 0.25) is 5.15 Å². The number of aromatic nitrogens is 1. The molecule has 1 aliphatic carbocycles. The Hall–Kier alpha value is -1.54. The minimum Gasteiger partial charge on any atom is -0.376 e. The van der Waals surface area contributed by atoms with Crippen molar-refractivity contribution >= 4 is 17.3 Å². The zero-order valence-corrected chi connectivity index (χ0v) is 10.1. The predicted octanol–water partition coefficient (Wildman–Crippen LogP) is 3.83. The molecule has 3 heteroatoms. The SMILES string of the molecule is Clc1ncccc1NC1CCc2ccccc21. The van der Waals surface area contributed by atoms with Crippen LogP contribution in [-0.4, -0.2) is 4.98 Å². The van der Waals surface area contributed by atoms with Gasteiger partial charge in [0.2, 0.25) is 0 Å². The number of fused-ring (bicyclic) bond motifs is 1. The molecule has 0 amide bonds. The molecule has 1 aromatic heterocycles. The molecule has 0 saturated carbocycles. The molecule has 1 N–H and O–H groups in total. The van der Waals surface area contributed by atoms with E-state index in [4.69, 9.17) is 11.6 Å². The Bertz CT molecular complexity index is 539. The number of rotatable bonds is 2. The first-order chi connectivity index (χ1) is 8.34. The van der Waals surface area contributed by atoms with Crippen LogP contribution in [0.3, 0.4) is 0 Å². The summed E-state index contributed by atoms with van der Waals surface area (Å²) in [6.07, 6.45) is 3.95. The van der Waals surface area contributed by atoms with E-state index in [1.165, 1.54) is 11.1 Å². The smallest absolute Gasteiger partial charge is 0.152 e. The van der Waals surface area contributed by atoms with Gasteiger partial charge in [0.1, 0.15) is 0 Å². The number of hydrogen-bond acceptors (Lipinski definition) is 2. The zero-order chi connectivity index (χ0) is 11.7. The molecule has 86 valence electrons. The second-order valence-corrected chi connectivity index (χ2v) is 4.63. The maximum atomic E-state index is 6.06. The molecule has 17 heavy (non-hydrogen) atoms. The van der Waals surface area contributed by atoms with E-state index in [-0.39, 0.29) is 0 Å². The first-order valence-corrected chi connectivity index (χ1v) is 6.17.